The van der Waals surface area contributed by atoms with E-state index >= 15 is 0 Å². The summed E-state index contributed by atoms with van der Waals surface area (Å²) in [5.74, 6) is -0.0847. The summed E-state index contributed by atoms with van der Waals surface area (Å²) in [6.07, 6.45) is 0.301. The maximum absolute atomic E-state index is 12.1. The third-order valence-electron chi connectivity index (χ3n) is 2.62. The Morgan fingerprint density at radius 2 is 1.60 bits per heavy atom. The number of carbonyl (C=O) groups is 1. The average molecular weight is 463 g/mol. The fraction of sp³-hybridized carbons (Fsp3) is 0.0714. The van der Waals surface area contributed by atoms with Crippen molar-refractivity contribution in [1.29, 1.82) is 0 Å². The number of nitrogens with one attached hydrogen (secondary N) is 1. The number of nitrogen functional groups attached to an aromatic ring is 1. The van der Waals surface area contributed by atoms with Crippen LogP contribution in [0.15, 0.2) is 49.8 Å². The summed E-state index contributed by atoms with van der Waals surface area (Å²) in [5.41, 5.74) is 7.94. The third-order valence-corrected chi connectivity index (χ3v) is 4.32. The molecule has 0 aromatic heterocycles. The van der Waals surface area contributed by atoms with Crippen LogP contribution in [0.3, 0.4) is 0 Å². The molecule has 1 amide bonds. The summed E-state index contributed by atoms with van der Waals surface area (Å²) in [5, 5.41) is 2.88. The first-order valence-corrected chi connectivity index (χ1v) is 8.12. The molecule has 2 aromatic carbocycles. The molecule has 6 heteroatoms. The van der Waals surface area contributed by atoms with Gasteiger partial charge >= 0.3 is 0 Å². The number of hydrogen-bond donors (Lipinski definition) is 2. The summed E-state index contributed by atoms with van der Waals surface area (Å²) in [6, 6.07) is 11.0. The van der Waals surface area contributed by atoms with Crippen LogP contribution in [0.1, 0.15) is 5.56 Å². The second-order valence-corrected chi connectivity index (χ2v) is 6.84. The second kappa shape index (κ2) is 6.74. The van der Waals surface area contributed by atoms with Crippen molar-refractivity contribution in [3.05, 3.63) is 55.4 Å². The zero-order valence-corrected chi connectivity index (χ0v) is 15.0. The molecule has 0 saturated heterocycles. The van der Waals surface area contributed by atoms with Gasteiger partial charge in [0.05, 0.1) is 12.1 Å². The Bertz CT molecular complexity index is 618. The average Bonchev–Trinajstić information content (AvgIpc) is 2.36. The number of rotatable bonds is 3. The predicted molar refractivity (Wildman–Crippen MR) is 92.7 cm³/mol. The Kier molecular flexibility index (Phi) is 5.23. The van der Waals surface area contributed by atoms with Gasteiger partial charge < -0.3 is 11.1 Å². The van der Waals surface area contributed by atoms with Crippen molar-refractivity contribution in [2.24, 2.45) is 0 Å². The number of nitrogens with two attached hydrogens (primary N) is 1. The summed E-state index contributed by atoms with van der Waals surface area (Å²) >= 11 is 10.2. The van der Waals surface area contributed by atoms with Gasteiger partial charge in [0.1, 0.15) is 0 Å². The van der Waals surface area contributed by atoms with Crippen LogP contribution in [-0.2, 0) is 11.2 Å². The summed E-state index contributed by atoms with van der Waals surface area (Å²) in [7, 11) is 0. The van der Waals surface area contributed by atoms with E-state index in [0.29, 0.717) is 17.8 Å². The van der Waals surface area contributed by atoms with Crippen molar-refractivity contribution in [2.75, 3.05) is 11.1 Å². The minimum atomic E-state index is -0.0847. The first-order valence-electron chi connectivity index (χ1n) is 5.74. The molecule has 0 saturated carbocycles. The van der Waals surface area contributed by atoms with Gasteiger partial charge in [-0.25, -0.2) is 0 Å². The van der Waals surface area contributed by atoms with Gasteiger partial charge in [0.2, 0.25) is 5.91 Å². The molecule has 3 N–H and O–H groups in total. The maximum Gasteiger partial charge on any atom is 0.228 e. The minimum Gasteiger partial charge on any atom is -0.399 e. The highest BCUT2D eigenvalue weighted by Gasteiger charge is 2.11. The van der Waals surface area contributed by atoms with Crippen LogP contribution in [-0.4, -0.2) is 5.91 Å². The number of hydrogen-bond acceptors (Lipinski definition) is 2. The molecule has 3 nitrogen and oxygen atoms in total. The molecule has 0 fully saturated rings. The van der Waals surface area contributed by atoms with Crippen molar-refractivity contribution >= 4 is 65.1 Å². The molecule has 0 spiro atoms. The Morgan fingerprint density at radius 3 is 2.15 bits per heavy atom. The lowest BCUT2D eigenvalue weighted by molar-refractivity contribution is -0.115. The van der Waals surface area contributed by atoms with E-state index in [9.17, 15) is 4.79 Å². The molecular formula is C14H11Br3N2O. The van der Waals surface area contributed by atoms with E-state index in [1.54, 1.807) is 12.1 Å². The monoisotopic (exact) mass is 460 g/mol. The third kappa shape index (κ3) is 4.07. The molecular weight excluding hydrogens is 452 g/mol. The SMILES string of the molecule is Nc1ccc(CC(=O)Nc2c(Br)cc(Br)cc2Br)cc1. The molecule has 0 aliphatic carbocycles. The van der Waals surface area contributed by atoms with Crippen molar-refractivity contribution in [3.8, 4) is 0 Å². The molecule has 0 heterocycles. The molecule has 2 rings (SSSR count). The fourth-order valence-electron chi connectivity index (χ4n) is 1.67. The van der Waals surface area contributed by atoms with Crippen LogP contribution in [0.25, 0.3) is 0 Å². The van der Waals surface area contributed by atoms with Crippen LogP contribution in [0.4, 0.5) is 11.4 Å². The van der Waals surface area contributed by atoms with E-state index in [-0.39, 0.29) is 5.91 Å². The first kappa shape index (κ1) is 15.5. The van der Waals surface area contributed by atoms with Crippen LogP contribution in [0, 0.1) is 0 Å². The van der Waals surface area contributed by atoms with Crippen molar-refractivity contribution < 1.29 is 4.79 Å². The molecule has 2 aromatic rings. The van der Waals surface area contributed by atoms with E-state index in [0.717, 1.165) is 19.0 Å². The number of anilines is 2. The highest BCUT2D eigenvalue weighted by Crippen LogP contribution is 2.34. The summed E-state index contributed by atoms with van der Waals surface area (Å²) < 4.78 is 2.54. The minimum absolute atomic E-state index is 0.0847. The van der Waals surface area contributed by atoms with E-state index < -0.39 is 0 Å². The zero-order chi connectivity index (χ0) is 14.7. The van der Waals surface area contributed by atoms with Gasteiger partial charge in [-0.1, -0.05) is 28.1 Å². The van der Waals surface area contributed by atoms with Crippen LogP contribution in [0.5, 0.6) is 0 Å². The Balaban J connectivity index is 2.10. The lowest BCUT2D eigenvalue weighted by Crippen LogP contribution is -2.15. The summed E-state index contributed by atoms with van der Waals surface area (Å²) in [6.45, 7) is 0. The molecule has 0 radical (unpaired) electrons. The lowest BCUT2D eigenvalue weighted by atomic mass is 10.1. The van der Waals surface area contributed by atoms with Gasteiger partial charge in [0.25, 0.3) is 0 Å². The quantitative estimate of drug-likeness (QED) is 0.647. The zero-order valence-electron chi connectivity index (χ0n) is 10.3. The topological polar surface area (TPSA) is 55.1 Å². The smallest absolute Gasteiger partial charge is 0.228 e. The van der Waals surface area contributed by atoms with Crippen LogP contribution in [0.2, 0.25) is 0 Å². The number of halogens is 3. The Morgan fingerprint density at radius 1 is 1.05 bits per heavy atom. The van der Waals surface area contributed by atoms with Crippen LogP contribution >= 0.6 is 47.8 Å². The largest absolute Gasteiger partial charge is 0.399 e. The lowest BCUT2D eigenvalue weighted by Gasteiger charge is -2.10. The van der Waals surface area contributed by atoms with Gasteiger partial charge in [-0.05, 0) is 61.7 Å². The molecule has 0 aliphatic heterocycles. The van der Waals surface area contributed by atoms with E-state index in [4.69, 9.17) is 5.73 Å². The Labute approximate surface area is 142 Å². The van der Waals surface area contributed by atoms with Gasteiger partial charge in [-0.2, -0.15) is 0 Å². The first-order chi connectivity index (χ1) is 9.45. The highest BCUT2D eigenvalue weighted by molar-refractivity contribution is 9.11. The predicted octanol–water partition coefficient (Wildman–Crippen LogP) is 4.74. The molecule has 0 aliphatic rings. The fourth-order valence-corrected chi connectivity index (χ4v) is 4.12. The van der Waals surface area contributed by atoms with Gasteiger partial charge in [-0.15, -0.1) is 0 Å². The number of amides is 1. The van der Waals surface area contributed by atoms with E-state index in [1.807, 2.05) is 24.3 Å². The van der Waals surface area contributed by atoms with Gasteiger partial charge in [0, 0.05) is 19.1 Å². The highest BCUT2D eigenvalue weighted by atomic mass is 79.9. The molecule has 104 valence electrons. The molecule has 0 bridgehead atoms. The number of benzene rings is 2. The maximum atomic E-state index is 12.1. The molecule has 0 unspecified atom stereocenters. The van der Waals surface area contributed by atoms with E-state index in [2.05, 4.69) is 53.1 Å². The van der Waals surface area contributed by atoms with Crippen molar-refractivity contribution in [2.45, 2.75) is 6.42 Å². The number of carbonyl (C=O) groups excluding carboxylic acids is 1. The second-order valence-electron chi connectivity index (χ2n) is 4.21. The van der Waals surface area contributed by atoms with Gasteiger partial charge in [-0.3, -0.25) is 4.79 Å². The van der Waals surface area contributed by atoms with E-state index in [1.165, 1.54) is 0 Å². The molecule has 20 heavy (non-hydrogen) atoms. The van der Waals surface area contributed by atoms with Crippen LogP contribution < -0.4 is 11.1 Å². The standard InChI is InChI=1S/C14H11Br3N2O/c15-9-6-11(16)14(12(17)7-9)19-13(20)5-8-1-3-10(18)4-2-8/h1-4,6-7H,5,18H2,(H,19,20). The van der Waals surface area contributed by atoms with Crippen molar-refractivity contribution in [1.82, 2.24) is 0 Å². The Hall–Kier alpha value is -0.850. The summed E-state index contributed by atoms with van der Waals surface area (Å²) in [4.78, 5) is 12.1. The normalized spacial score (nSPS) is 10.3. The van der Waals surface area contributed by atoms with Crippen molar-refractivity contribution in [3.63, 3.8) is 0 Å². The van der Waals surface area contributed by atoms with Gasteiger partial charge in [0.15, 0.2) is 0 Å². The molecule has 0 atom stereocenters.